The maximum atomic E-state index is 12.2. The summed E-state index contributed by atoms with van der Waals surface area (Å²) >= 11 is 3.37. The molecule has 21 heavy (non-hydrogen) atoms. The second-order valence-corrected chi connectivity index (χ2v) is 5.90. The molecule has 0 fully saturated rings. The largest absolute Gasteiger partial charge is 0.322 e. The van der Waals surface area contributed by atoms with Gasteiger partial charge in [0.1, 0.15) is 0 Å². The highest BCUT2D eigenvalue weighted by atomic mass is 79.9. The van der Waals surface area contributed by atoms with E-state index in [0.29, 0.717) is 5.56 Å². The number of rotatable bonds is 2. The van der Waals surface area contributed by atoms with Crippen molar-refractivity contribution in [3.05, 3.63) is 63.6 Å². The van der Waals surface area contributed by atoms with E-state index in [1.54, 1.807) is 12.1 Å². The average molecular weight is 343 g/mol. The van der Waals surface area contributed by atoms with E-state index in [0.717, 1.165) is 29.5 Å². The van der Waals surface area contributed by atoms with Gasteiger partial charge in [0.2, 0.25) is 0 Å². The number of aliphatic imine (C=N–C) groups is 1. The Kier molecular flexibility index (Phi) is 4.15. The fourth-order valence-electron chi connectivity index (χ4n) is 2.38. The van der Waals surface area contributed by atoms with Gasteiger partial charge >= 0.3 is 0 Å². The molecule has 1 aliphatic rings. The van der Waals surface area contributed by atoms with Crippen LogP contribution in [0.3, 0.4) is 0 Å². The zero-order valence-electron chi connectivity index (χ0n) is 11.5. The van der Waals surface area contributed by atoms with Crippen molar-refractivity contribution < 1.29 is 4.79 Å². The van der Waals surface area contributed by atoms with Gasteiger partial charge in [0.15, 0.2) is 0 Å². The first-order valence-electron chi connectivity index (χ1n) is 6.89. The molecule has 0 aromatic heterocycles. The van der Waals surface area contributed by atoms with E-state index in [1.807, 2.05) is 24.4 Å². The molecule has 1 aliphatic heterocycles. The summed E-state index contributed by atoms with van der Waals surface area (Å²) in [7, 11) is 0. The van der Waals surface area contributed by atoms with Gasteiger partial charge in [0.25, 0.3) is 5.91 Å². The van der Waals surface area contributed by atoms with Gasteiger partial charge in [0.05, 0.1) is 0 Å². The molecule has 1 amide bonds. The Hall–Kier alpha value is -1.94. The highest BCUT2D eigenvalue weighted by molar-refractivity contribution is 9.10. The van der Waals surface area contributed by atoms with Crippen LogP contribution in [0, 0.1) is 0 Å². The molecule has 3 rings (SSSR count). The van der Waals surface area contributed by atoms with Crippen molar-refractivity contribution in [2.24, 2.45) is 4.99 Å². The van der Waals surface area contributed by atoms with Crippen LogP contribution in [0.2, 0.25) is 0 Å². The van der Waals surface area contributed by atoms with Crippen molar-refractivity contribution >= 4 is 33.7 Å². The van der Waals surface area contributed by atoms with Crippen LogP contribution in [0.4, 0.5) is 5.69 Å². The third-order valence-corrected chi connectivity index (χ3v) is 4.05. The van der Waals surface area contributed by atoms with Crippen LogP contribution >= 0.6 is 15.9 Å². The minimum Gasteiger partial charge on any atom is -0.322 e. The van der Waals surface area contributed by atoms with E-state index in [1.165, 1.54) is 11.1 Å². The second-order valence-electron chi connectivity index (χ2n) is 4.99. The lowest BCUT2D eigenvalue weighted by atomic mass is 10.0. The Balaban J connectivity index is 1.77. The summed E-state index contributed by atoms with van der Waals surface area (Å²) < 4.78 is 0.962. The molecule has 0 bridgehead atoms. The standard InChI is InChI=1S/C17H15BrN2O/c18-15-4-1-13(2-5-15)17(21)20-16-6-3-12-7-9-19-10-8-14(12)11-16/h1-6,9,11H,7-8,10H2,(H,20,21). The average Bonchev–Trinajstić information content (AvgIpc) is 2.72. The van der Waals surface area contributed by atoms with E-state index in [4.69, 9.17) is 0 Å². The van der Waals surface area contributed by atoms with Crippen LogP contribution in [0.5, 0.6) is 0 Å². The third-order valence-electron chi connectivity index (χ3n) is 3.52. The smallest absolute Gasteiger partial charge is 0.255 e. The van der Waals surface area contributed by atoms with Crippen LogP contribution in [-0.2, 0) is 12.8 Å². The Morgan fingerprint density at radius 1 is 1.10 bits per heavy atom. The van der Waals surface area contributed by atoms with Crippen molar-refractivity contribution in [2.45, 2.75) is 12.8 Å². The van der Waals surface area contributed by atoms with Gasteiger partial charge in [0, 0.05) is 34.9 Å². The minimum absolute atomic E-state index is 0.0904. The number of halogens is 1. The highest BCUT2D eigenvalue weighted by Gasteiger charge is 2.09. The summed E-state index contributed by atoms with van der Waals surface area (Å²) in [5.41, 5.74) is 4.04. The van der Waals surface area contributed by atoms with Crippen molar-refractivity contribution in [3.8, 4) is 0 Å². The van der Waals surface area contributed by atoms with E-state index >= 15 is 0 Å². The van der Waals surface area contributed by atoms with Crippen LogP contribution < -0.4 is 5.32 Å². The Labute approximate surface area is 132 Å². The molecule has 0 radical (unpaired) electrons. The van der Waals surface area contributed by atoms with Crippen LogP contribution in [0.25, 0.3) is 0 Å². The van der Waals surface area contributed by atoms with E-state index < -0.39 is 0 Å². The van der Waals surface area contributed by atoms with E-state index in [9.17, 15) is 4.79 Å². The van der Waals surface area contributed by atoms with Gasteiger partial charge in [-0.05, 0) is 53.9 Å². The Morgan fingerprint density at radius 3 is 2.71 bits per heavy atom. The van der Waals surface area contributed by atoms with Crippen molar-refractivity contribution in [2.75, 3.05) is 11.9 Å². The third kappa shape index (κ3) is 3.39. The summed E-state index contributed by atoms with van der Waals surface area (Å²) in [6.45, 7) is 0.817. The number of nitrogens with zero attached hydrogens (tertiary/aromatic N) is 1. The lowest BCUT2D eigenvalue weighted by molar-refractivity contribution is 0.102. The molecule has 106 valence electrons. The Morgan fingerprint density at radius 2 is 1.90 bits per heavy atom. The molecule has 0 aliphatic carbocycles. The number of amides is 1. The predicted octanol–water partition coefficient (Wildman–Crippen LogP) is 3.87. The summed E-state index contributed by atoms with van der Waals surface area (Å²) in [6, 6.07) is 13.4. The van der Waals surface area contributed by atoms with Gasteiger partial charge in [-0.15, -0.1) is 0 Å². The molecule has 0 saturated carbocycles. The number of nitrogens with one attached hydrogen (secondary N) is 1. The molecule has 1 heterocycles. The maximum Gasteiger partial charge on any atom is 0.255 e. The lowest BCUT2D eigenvalue weighted by Crippen LogP contribution is -2.12. The van der Waals surface area contributed by atoms with Crippen LogP contribution in [0.15, 0.2) is 51.9 Å². The summed E-state index contributed by atoms with van der Waals surface area (Å²) in [4.78, 5) is 16.5. The minimum atomic E-state index is -0.0904. The van der Waals surface area contributed by atoms with Crippen molar-refractivity contribution in [1.29, 1.82) is 0 Å². The Bertz CT molecular complexity index is 692. The summed E-state index contributed by atoms with van der Waals surface area (Å²) in [6.07, 6.45) is 3.76. The number of benzene rings is 2. The maximum absolute atomic E-state index is 12.2. The monoisotopic (exact) mass is 342 g/mol. The predicted molar refractivity (Wildman–Crippen MR) is 89.3 cm³/mol. The fraction of sp³-hybridized carbons (Fsp3) is 0.176. The molecule has 0 spiro atoms. The first-order chi connectivity index (χ1) is 10.2. The number of hydrogen-bond donors (Lipinski definition) is 1. The molecule has 0 unspecified atom stereocenters. The highest BCUT2D eigenvalue weighted by Crippen LogP contribution is 2.19. The van der Waals surface area contributed by atoms with Gasteiger partial charge in [-0.2, -0.15) is 0 Å². The topological polar surface area (TPSA) is 41.5 Å². The number of carbonyl (C=O) groups excluding carboxylic acids is 1. The molecule has 4 heteroatoms. The van der Waals surface area contributed by atoms with Crippen LogP contribution in [-0.4, -0.2) is 18.7 Å². The first kappa shape index (κ1) is 14.0. The van der Waals surface area contributed by atoms with Crippen molar-refractivity contribution in [3.63, 3.8) is 0 Å². The molecule has 2 aromatic rings. The van der Waals surface area contributed by atoms with Crippen LogP contribution in [0.1, 0.15) is 21.5 Å². The lowest BCUT2D eigenvalue weighted by Gasteiger charge is -2.10. The number of anilines is 1. The first-order valence-corrected chi connectivity index (χ1v) is 7.69. The van der Waals surface area contributed by atoms with E-state index in [-0.39, 0.29) is 5.91 Å². The van der Waals surface area contributed by atoms with E-state index in [2.05, 4.69) is 38.4 Å². The molecular formula is C17H15BrN2O. The normalized spacial score (nSPS) is 13.4. The number of fused-ring (bicyclic) bond motifs is 1. The summed E-state index contributed by atoms with van der Waals surface area (Å²) in [5.74, 6) is -0.0904. The molecule has 3 nitrogen and oxygen atoms in total. The van der Waals surface area contributed by atoms with Gasteiger partial charge in [-0.1, -0.05) is 22.0 Å². The molecule has 1 N–H and O–H groups in total. The van der Waals surface area contributed by atoms with Gasteiger partial charge in [-0.25, -0.2) is 0 Å². The molecular weight excluding hydrogens is 328 g/mol. The molecule has 0 atom stereocenters. The summed E-state index contributed by atoms with van der Waals surface area (Å²) in [5, 5.41) is 2.95. The van der Waals surface area contributed by atoms with Gasteiger partial charge in [-0.3, -0.25) is 9.79 Å². The van der Waals surface area contributed by atoms with Gasteiger partial charge < -0.3 is 5.32 Å². The fourth-order valence-corrected chi connectivity index (χ4v) is 2.64. The number of carbonyl (C=O) groups is 1. The second kappa shape index (κ2) is 6.22. The quantitative estimate of drug-likeness (QED) is 0.884. The SMILES string of the molecule is O=C(Nc1ccc2c(c1)CCN=CC2)c1ccc(Br)cc1. The zero-order valence-corrected chi connectivity index (χ0v) is 13.1. The molecule has 0 saturated heterocycles. The zero-order chi connectivity index (χ0) is 14.7. The molecule has 2 aromatic carbocycles. The number of hydrogen-bond acceptors (Lipinski definition) is 2. The van der Waals surface area contributed by atoms with Crippen molar-refractivity contribution in [1.82, 2.24) is 0 Å².